The number of hydrogen-bond donors (Lipinski definition) is 1. The SMILES string of the molecule is CCc1nnsc1C(O)C1CCCC(S(C)(=O)=O)C1. The van der Waals surface area contributed by atoms with Gasteiger partial charge in [-0.05, 0) is 43.1 Å². The molecular formula is C12H20N2O3S2. The molecular weight excluding hydrogens is 284 g/mol. The smallest absolute Gasteiger partial charge is 0.150 e. The van der Waals surface area contributed by atoms with Gasteiger partial charge in [0.1, 0.15) is 9.84 Å². The summed E-state index contributed by atoms with van der Waals surface area (Å²) in [7, 11) is -3.02. The van der Waals surface area contributed by atoms with Gasteiger partial charge in [0, 0.05) is 6.26 Å². The first-order valence-electron chi connectivity index (χ1n) is 6.61. The molecule has 0 radical (unpaired) electrons. The van der Waals surface area contributed by atoms with Gasteiger partial charge in [0.2, 0.25) is 0 Å². The lowest BCUT2D eigenvalue weighted by Gasteiger charge is -2.30. The van der Waals surface area contributed by atoms with E-state index in [1.165, 1.54) is 17.8 Å². The Hall–Kier alpha value is -0.530. The Bertz CT molecular complexity index is 527. The van der Waals surface area contributed by atoms with Crippen LogP contribution in [0, 0.1) is 5.92 Å². The summed E-state index contributed by atoms with van der Waals surface area (Å²) in [5, 5.41) is 14.2. The molecule has 0 aromatic carbocycles. The summed E-state index contributed by atoms with van der Waals surface area (Å²) in [6, 6.07) is 0. The van der Waals surface area contributed by atoms with E-state index >= 15 is 0 Å². The third-order valence-electron chi connectivity index (χ3n) is 3.91. The first-order valence-corrected chi connectivity index (χ1v) is 9.34. The Morgan fingerprint density at radius 1 is 1.47 bits per heavy atom. The lowest BCUT2D eigenvalue weighted by molar-refractivity contribution is 0.0879. The Kier molecular flexibility index (Phi) is 4.58. The van der Waals surface area contributed by atoms with Crippen molar-refractivity contribution in [2.75, 3.05) is 6.26 Å². The summed E-state index contributed by atoms with van der Waals surface area (Å²) in [5.74, 6) is 0.000949. The third-order valence-corrected chi connectivity index (χ3v) is 6.38. The van der Waals surface area contributed by atoms with E-state index < -0.39 is 15.9 Å². The van der Waals surface area contributed by atoms with Crippen LogP contribution in [0.4, 0.5) is 0 Å². The Balaban J connectivity index is 2.13. The molecule has 0 saturated heterocycles. The fraction of sp³-hybridized carbons (Fsp3) is 0.833. The molecule has 1 heterocycles. The van der Waals surface area contributed by atoms with Crippen molar-refractivity contribution in [3.63, 3.8) is 0 Å². The molecule has 0 bridgehead atoms. The molecule has 1 saturated carbocycles. The monoisotopic (exact) mass is 304 g/mol. The molecule has 0 spiro atoms. The highest BCUT2D eigenvalue weighted by Crippen LogP contribution is 2.38. The van der Waals surface area contributed by atoms with Crippen molar-refractivity contribution in [3.05, 3.63) is 10.6 Å². The molecule has 108 valence electrons. The van der Waals surface area contributed by atoms with Gasteiger partial charge >= 0.3 is 0 Å². The van der Waals surface area contributed by atoms with Crippen LogP contribution in [0.15, 0.2) is 0 Å². The molecule has 1 fully saturated rings. The molecule has 1 aromatic heterocycles. The number of hydrogen-bond acceptors (Lipinski definition) is 6. The van der Waals surface area contributed by atoms with E-state index in [0.29, 0.717) is 12.8 Å². The van der Waals surface area contributed by atoms with Crippen LogP contribution in [0.1, 0.15) is 49.3 Å². The minimum absolute atomic E-state index is 0.000949. The number of rotatable bonds is 4. The normalized spacial score (nSPS) is 26.3. The second-order valence-corrected chi connectivity index (χ2v) is 8.37. The predicted octanol–water partition coefficient (Wildman–Crippen LogP) is 1.74. The van der Waals surface area contributed by atoms with Gasteiger partial charge < -0.3 is 5.11 Å². The number of nitrogens with zero attached hydrogens (tertiary/aromatic N) is 2. The Labute approximate surface area is 118 Å². The van der Waals surface area contributed by atoms with Crippen LogP contribution >= 0.6 is 11.5 Å². The van der Waals surface area contributed by atoms with Crippen LogP contribution < -0.4 is 0 Å². The highest BCUT2D eigenvalue weighted by Gasteiger charge is 2.34. The van der Waals surface area contributed by atoms with Crippen LogP contribution in [0.5, 0.6) is 0 Å². The molecule has 0 amide bonds. The molecule has 1 N–H and O–H groups in total. The lowest BCUT2D eigenvalue weighted by atomic mass is 9.84. The van der Waals surface area contributed by atoms with E-state index in [2.05, 4.69) is 9.59 Å². The van der Waals surface area contributed by atoms with Crippen molar-refractivity contribution in [1.29, 1.82) is 0 Å². The van der Waals surface area contributed by atoms with Gasteiger partial charge in [0.05, 0.1) is 21.9 Å². The van der Waals surface area contributed by atoms with Gasteiger partial charge in [-0.2, -0.15) is 0 Å². The summed E-state index contributed by atoms with van der Waals surface area (Å²) in [5.41, 5.74) is 0.832. The van der Waals surface area contributed by atoms with Crippen molar-refractivity contribution in [1.82, 2.24) is 9.59 Å². The van der Waals surface area contributed by atoms with Crippen LogP contribution in [0.3, 0.4) is 0 Å². The second kappa shape index (κ2) is 5.85. The first-order chi connectivity index (χ1) is 8.93. The van der Waals surface area contributed by atoms with Gasteiger partial charge in [-0.3, -0.25) is 0 Å². The highest BCUT2D eigenvalue weighted by atomic mass is 32.2. The maximum atomic E-state index is 11.7. The van der Waals surface area contributed by atoms with Crippen LogP contribution in [-0.2, 0) is 16.3 Å². The molecule has 0 aliphatic heterocycles. The molecule has 2 rings (SSSR count). The zero-order chi connectivity index (χ0) is 14.0. The van der Waals surface area contributed by atoms with Crippen LogP contribution in [0.2, 0.25) is 0 Å². The summed E-state index contributed by atoms with van der Waals surface area (Å²) in [4.78, 5) is 0.807. The fourth-order valence-electron chi connectivity index (χ4n) is 2.76. The number of aromatic nitrogens is 2. The van der Waals surface area contributed by atoms with Crippen molar-refractivity contribution >= 4 is 21.4 Å². The minimum Gasteiger partial charge on any atom is -0.387 e. The molecule has 1 aliphatic carbocycles. The van der Waals surface area contributed by atoms with Crippen molar-refractivity contribution in [3.8, 4) is 0 Å². The zero-order valence-corrected chi connectivity index (χ0v) is 12.9. The van der Waals surface area contributed by atoms with Gasteiger partial charge in [-0.25, -0.2) is 8.42 Å². The predicted molar refractivity (Wildman–Crippen MR) is 74.8 cm³/mol. The number of aliphatic hydroxyl groups is 1. The van der Waals surface area contributed by atoms with E-state index in [1.54, 1.807) is 0 Å². The van der Waals surface area contributed by atoms with Crippen molar-refractivity contribution in [2.45, 2.75) is 50.4 Å². The molecule has 19 heavy (non-hydrogen) atoms. The Morgan fingerprint density at radius 3 is 2.84 bits per heavy atom. The molecule has 5 nitrogen and oxygen atoms in total. The summed E-state index contributed by atoms with van der Waals surface area (Å²) in [6.07, 6.45) is 4.38. The number of aryl methyl sites for hydroxylation is 1. The Morgan fingerprint density at radius 2 is 2.21 bits per heavy atom. The van der Waals surface area contributed by atoms with Gasteiger partial charge in [0.25, 0.3) is 0 Å². The maximum Gasteiger partial charge on any atom is 0.150 e. The quantitative estimate of drug-likeness (QED) is 0.916. The minimum atomic E-state index is -3.02. The average molecular weight is 304 g/mol. The molecule has 7 heteroatoms. The van der Waals surface area contributed by atoms with Gasteiger partial charge in [0.15, 0.2) is 0 Å². The van der Waals surface area contributed by atoms with E-state index in [4.69, 9.17) is 0 Å². The topological polar surface area (TPSA) is 80.2 Å². The average Bonchev–Trinajstić information content (AvgIpc) is 2.85. The molecule has 1 aliphatic rings. The van der Waals surface area contributed by atoms with Crippen molar-refractivity contribution < 1.29 is 13.5 Å². The summed E-state index contributed by atoms with van der Waals surface area (Å²) >= 11 is 1.22. The highest BCUT2D eigenvalue weighted by molar-refractivity contribution is 7.91. The fourth-order valence-corrected chi connectivity index (χ4v) is 4.77. The van der Waals surface area contributed by atoms with E-state index in [-0.39, 0.29) is 11.2 Å². The van der Waals surface area contributed by atoms with E-state index in [1.807, 2.05) is 6.92 Å². The van der Waals surface area contributed by atoms with Crippen LogP contribution in [-0.4, -0.2) is 34.6 Å². The molecule has 3 unspecified atom stereocenters. The lowest BCUT2D eigenvalue weighted by Crippen LogP contribution is -2.30. The second-order valence-electron chi connectivity index (χ2n) is 5.26. The number of sulfone groups is 1. The van der Waals surface area contributed by atoms with Crippen LogP contribution in [0.25, 0.3) is 0 Å². The standard InChI is InChI=1S/C12H20N2O3S2/c1-3-10-12(18-14-13-10)11(15)8-5-4-6-9(7-8)19(2,16)17/h8-9,11,15H,3-7H2,1-2H3. The maximum absolute atomic E-state index is 11.7. The summed E-state index contributed by atoms with van der Waals surface area (Å²) in [6.45, 7) is 1.98. The summed E-state index contributed by atoms with van der Waals surface area (Å²) < 4.78 is 27.2. The number of aliphatic hydroxyl groups excluding tert-OH is 1. The molecule has 3 atom stereocenters. The van der Waals surface area contributed by atoms with Gasteiger partial charge in [-0.1, -0.05) is 17.8 Å². The van der Waals surface area contributed by atoms with E-state index in [0.717, 1.165) is 29.8 Å². The third kappa shape index (κ3) is 3.32. The first kappa shape index (κ1) is 14.9. The largest absolute Gasteiger partial charge is 0.387 e. The zero-order valence-electron chi connectivity index (χ0n) is 11.2. The van der Waals surface area contributed by atoms with Gasteiger partial charge in [-0.15, -0.1) is 5.10 Å². The van der Waals surface area contributed by atoms with E-state index in [9.17, 15) is 13.5 Å². The van der Waals surface area contributed by atoms with Crippen molar-refractivity contribution in [2.24, 2.45) is 5.92 Å². The molecule has 1 aromatic rings.